The van der Waals surface area contributed by atoms with Crippen LogP contribution < -0.4 is 4.90 Å². The van der Waals surface area contributed by atoms with E-state index in [1.807, 2.05) is 27.7 Å². The molecule has 3 aliphatic rings. The average Bonchev–Trinajstić information content (AvgIpc) is 3.01. The molecule has 2 aromatic rings. The summed E-state index contributed by atoms with van der Waals surface area (Å²) in [5.74, 6) is 0.289. The summed E-state index contributed by atoms with van der Waals surface area (Å²) < 4.78 is 16.3. The number of benzene rings is 1. The molecular formula is C35H36FN5O4. The number of carbonyl (C=O) groups is 3. The zero-order chi connectivity index (χ0) is 32.7. The number of halogens is 1. The third kappa shape index (κ3) is 5.29. The van der Waals surface area contributed by atoms with Crippen LogP contribution in [0.2, 0.25) is 0 Å². The molecule has 1 aromatic carbocycles. The molecule has 1 N–H and O–H groups in total. The maximum absolute atomic E-state index is 16.3. The van der Waals surface area contributed by atoms with Crippen LogP contribution in [0.5, 0.6) is 5.75 Å². The summed E-state index contributed by atoms with van der Waals surface area (Å²) in [4.78, 5) is 51.8. The number of fused-ring (bicyclic) bond motifs is 2. The second-order valence-electron chi connectivity index (χ2n) is 11.8. The predicted molar refractivity (Wildman–Crippen MR) is 170 cm³/mol. The smallest absolute Gasteiger partial charge is 0.277 e. The standard InChI is InChI=1S/C35H36FN5O4/c1-8-24(25-12-10-11-13-28(25)42)26(36)16-23-18-41(31-21(5)14-15-37-30(31)20(3)4)35(45)33-32(23)40-17-22(6)39(29(43)9-2)19-27(40)34(44)38(33)7/h1,9-16,20,22,27,42H,2,17-19H2,3-7H3/b23-16+,26-24-/t22-,27-/m1/s1. The maximum atomic E-state index is 16.3. The third-order valence-electron chi connectivity index (χ3n) is 8.57. The van der Waals surface area contributed by atoms with Crippen LogP contribution in [-0.2, 0) is 14.4 Å². The minimum absolute atomic E-state index is 0.0346. The number of terminal acetylenes is 1. The van der Waals surface area contributed by atoms with Crippen molar-refractivity contribution in [1.82, 2.24) is 19.7 Å². The first kappa shape index (κ1) is 31.3. The molecule has 0 radical (unpaired) electrons. The number of aromatic hydroxyl groups is 1. The molecular weight excluding hydrogens is 573 g/mol. The topological polar surface area (TPSA) is 97.3 Å². The van der Waals surface area contributed by atoms with E-state index in [0.717, 1.165) is 5.56 Å². The van der Waals surface area contributed by atoms with E-state index in [1.54, 1.807) is 34.2 Å². The number of rotatable bonds is 5. The van der Waals surface area contributed by atoms with Gasteiger partial charge in [-0.05, 0) is 55.7 Å². The molecule has 1 saturated heterocycles. The first-order chi connectivity index (χ1) is 21.4. The first-order valence-corrected chi connectivity index (χ1v) is 14.8. The van der Waals surface area contributed by atoms with Crippen LogP contribution in [0.4, 0.5) is 10.1 Å². The van der Waals surface area contributed by atoms with Crippen molar-refractivity contribution in [2.45, 2.75) is 45.7 Å². The van der Waals surface area contributed by atoms with Crippen molar-refractivity contribution in [3.63, 3.8) is 0 Å². The lowest BCUT2D eigenvalue weighted by atomic mass is 9.91. The summed E-state index contributed by atoms with van der Waals surface area (Å²) in [6.07, 6.45) is 9.94. The summed E-state index contributed by atoms with van der Waals surface area (Å²) in [5, 5.41) is 10.5. The summed E-state index contributed by atoms with van der Waals surface area (Å²) in [5.41, 5.74) is 2.98. The van der Waals surface area contributed by atoms with E-state index in [4.69, 9.17) is 6.42 Å². The van der Waals surface area contributed by atoms with E-state index in [0.29, 0.717) is 22.7 Å². The van der Waals surface area contributed by atoms with Gasteiger partial charge in [0.1, 0.15) is 23.3 Å². The molecule has 10 heteroatoms. The number of piperazine rings is 1. The van der Waals surface area contributed by atoms with Gasteiger partial charge in [0.15, 0.2) is 0 Å². The van der Waals surface area contributed by atoms with Crippen LogP contribution in [0, 0.1) is 19.3 Å². The molecule has 0 aliphatic carbocycles. The van der Waals surface area contributed by atoms with Gasteiger partial charge in [0.2, 0.25) is 5.91 Å². The Morgan fingerprint density at radius 3 is 2.56 bits per heavy atom. The highest BCUT2D eigenvalue weighted by molar-refractivity contribution is 6.12. The number of amides is 3. The number of aromatic nitrogens is 1. The number of likely N-dealkylation sites (N-methyl/N-ethyl adjacent to an activating group) is 1. The molecule has 0 saturated carbocycles. The number of phenolic OH excluding ortho intramolecular Hbond substituents is 1. The van der Waals surface area contributed by atoms with Crippen molar-refractivity contribution >= 4 is 29.0 Å². The summed E-state index contributed by atoms with van der Waals surface area (Å²) >= 11 is 0. The van der Waals surface area contributed by atoms with Gasteiger partial charge < -0.3 is 24.7 Å². The van der Waals surface area contributed by atoms with Gasteiger partial charge in [-0.1, -0.05) is 38.5 Å². The van der Waals surface area contributed by atoms with Gasteiger partial charge in [-0.15, -0.1) is 6.42 Å². The van der Waals surface area contributed by atoms with Crippen LogP contribution in [-0.4, -0.2) is 81.3 Å². The summed E-state index contributed by atoms with van der Waals surface area (Å²) in [6, 6.07) is 6.87. The van der Waals surface area contributed by atoms with Gasteiger partial charge in [0, 0.05) is 37.0 Å². The Kier molecular flexibility index (Phi) is 8.39. The highest BCUT2D eigenvalue weighted by Crippen LogP contribution is 2.41. The van der Waals surface area contributed by atoms with Crippen LogP contribution in [0.3, 0.4) is 0 Å². The number of carbonyl (C=O) groups excluding carboxylic acids is 3. The van der Waals surface area contributed by atoms with Gasteiger partial charge in [0.25, 0.3) is 11.8 Å². The number of phenols is 1. The third-order valence-corrected chi connectivity index (χ3v) is 8.57. The van der Waals surface area contributed by atoms with Crippen molar-refractivity contribution in [3.05, 3.63) is 94.9 Å². The predicted octanol–water partition coefficient (Wildman–Crippen LogP) is 4.28. The molecule has 45 heavy (non-hydrogen) atoms. The van der Waals surface area contributed by atoms with Crippen molar-refractivity contribution in [2.24, 2.45) is 0 Å². The zero-order valence-electron chi connectivity index (χ0n) is 26.0. The number of para-hydroxylation sites is 1. The molecule has 4 heterocycles. The lowest BCUT2D eigenvalue weighted by molar-refractivity contribution is -0.144. The second kappa shape index (κ2) is 12.1. The van der Waals surface area contributed by atoms with Gasteiger partial charge in [-0.25, -0.2) is 4.39 Å². The largest absolute Gasteiger partial charge is 0.507 e. The Bertz CT molecular complexity index is 1750. The Hall–Kier alpha value is -5.17. The maximum Gasteiger partial charge on any atom is 0.277 e. The molecule has 232 valence electrons. The van der Waals surface area contributed by atoms with E-state index in [9.17, 15) is 19.5 Å². The van der Waals surface area contributed by atoms with Crippen LogP contribution >= 0.6 is 0 Å². The normalized spacial score (nSPS) is 21.5. The van der Waals surface area contributed by atoms with E-state index >= 15 is 4.39 Å². The lowest BCUT2D eigenvalue weighted by Crippen LogP contribution is -2.67. The van der Waals surface area contributed by atoms with Crippen molar-refractivity contribution in [1.29, 1.82) is 0 Å². The fourth-order valence-corrected chi connectivity index (χ4v) is 6.34. The number of aryl methyl sites for hydroxylation is 1. The molecule has 1 fully saturated rings. The number of nitrogens with zero attached hydrogens (tertiary/aromatic N) is 5. The molecule has 0 bridgehead atoms. The monoisotopic (exact) mass is 609 g/mol. The molecule has 3 aliphatic heterocycles. The fourth-order valence-electron chi connectivity index (χ4n) is 6.34. The van der Waals surface area contributed by atoms with Crippen LogP contribution in [0.1, 0.15) is 43.5 Å². The quantitative estimate of drug-likeness (QED) is 0.402. The molecule has 2 atom stereocenters. The van der Waals surface area contributed by atoms with Gasteiger partial charge >= 0.3 is 0 Å². The lowest BCUT2D eigenvalue weighted by Gasteiger charge is -2.52. The van der Waals surface area contributed by atoms with E-state index in [2.05, 4.69) is 17.5 Å². The van der Waals surface area contributed by atoms with Crippen molar-refractivity contribution in [3.8, 4) is 18.1 Å². The second-order valence-corrected chi connectivity index (χ2v) is 11.8. The number of hydrogen-bond donors (Lipinski definition) is 1. The Morgan fingerprint density at radius 1 is 1.20 bits per heavy atom. The Balaban J connectivity index is 1.76. The number of pyridine rings is 1. The van der Waals surface area contributed by atoms with E-state index in [1.165, 1.54) is 41.1 Å². The van der Waals surface area contributed by atoms with Gasteiger partial charge in [0.05, 0.1) is 35.7 Å². The average molecular weight is 610 g/mol. The highest BCUT2D eigenvalue weighted by atomic mass is 19.1. The van der Waals surface area contributed by atoms with E-state index < -0.39 is 17.8 Å². The van der Waals surface area contributed by atoms with Crippen molar-refractivity contribution in [2.75, 3.05) is 31.6 Å². The highest BCUT2D eigenvalue weighted by Gasteiger charge is 2.50. The molecule has 5 rings (SSSR count). The molecule has 0 spiro atoms. The number of allylic oxidation sites excluding steroid dienone is 3. The van der Waals surface area contributed by atoms with E-state index in [-0.39, 0.29) is 66.0 Å². The minimum atomic E-state index is -0.805. The fraction of sp³-hybridized carbons (Fsp3) is 0.314. The van der Waals surface area contributed by atoms with Crippen LogP contribution in [0.15, 0.2) is 78.1 Å². The Morgan fingerprint density at radius 2 is 1.91 bits per heavy atom. The number of anilines is 1. The molecule has 3 amide bonds. The van der Waals surface area contributed by atoms with Crippen LogP contribution in [0.25, 0.3) is 5.57 Å². The van der Waals surface area contributed by atoms with Crippen molar-refractivity contribution < 1.29 is 23.9 Å². The SMILES string of the molecule is C#C/C(=C(F)\C=C1/CN(c2c(C)ccnc2C(C)C)C(=O)C2=C1N1C[C@@H](C)N(C(=O)C=C)C[C@@H]1C(=O)N2C)c1ccccc1O. The minimum Gasteiger partial charge on any atom is -0.507 e. The summed E-state index contributed by atoms with van der Waals surface area (Å²) in [6.45, 7) is 11.5. The zero-order valence-corrected chi connectivity index (χ0v) is 26.0. The molecule has 9 nitrogen and oxygen atoms in total. The molecule has 1 aromatic heterocycles. The first-order valence-electron chi connectivity index (χ1n) is 14.8. The number of hydrogen-bond acceptors (Lipinski definition) is 6. The Labute approximate surface area is 262 Å². The molecule has 0 unspecified atom stereocenters. The van der Waals surface area contributed by atoms with Gasteiger partial charge in [-0.2, -0.15) is 0 Å². The van der Waals surface area contributed by atoms with Gasteiger partial charge in [-0.3, -0.25) is 19.4 Å². The summed E-state index contributed by atoms with van der Waals surface area (Å²) in [7, 11) is 1.52.